The van der Waals surface area contributed by atoms with Crippen molar-refractivity contribution in [3.8, 4) is 5.75 Å². The number of hydrazine groups is 1. The lowest BCUT2D eigenvalue weighted by Crippen LogP contribution is -2.30. The monoisotopic (exact) mass is 180 g/mol. The minimum absolute atomic E-state index is 0.309. The van der Waals surface area contributed by atoms with E-state index in [1.165, 1.54) is 0 Å². The van der Waals surface area contributed by atoms with Gasteiger partial charge in [0.2, 0.25) is 0 Å². The van der Waals surface area contributed by atoms with E-state index in [-0.39, 0.29) is 5.91 Å². The minimum atomic E-state index is -0.309. The fraction of sp³-hybridized carbons (Fsp3) is 0.222. The van der Waals surface area contributed by atoms with Crippen LogP contribution in [-0.4, -0.2) is 13.0 Å². The Balaban J connectivity index is 3.11. The van der Waals surface area contributed by atoms with E-state index >= 15 is 0 Å². The van der Waals surface area contributed by atoms with E-state index in [1.54, 1.807) is 19.2 Å². The van der Waals surface area contributed by atoms with E-state index in [1.807, 2.05) is 13.0 Å². The molecule has 0 radical (unpaired) electrons. The molecular weight excluding hydrogens is 168 g/mol. The van der Waals surface area contributed by atoms with Crippen LogP contribution in [-0.2, 0) is 0 Å². The first-order valence-corrected chi connectivity index (χ1v) is 3.84. The lowest BCUT2D eigenvalue weighted by Gasteiger charge is -2.06. The number of amides is 1. The summed E-state index contributed by atoms with van der Waals surface area (Å²) in [6.45, 7) is 1.84. The molecule has 0 fully saturated rings. The minimum Gasteiger partial charge on any atom is -0.497 e. The van der Waals surface area contributed by atoms with Crippen LogP contribution in [0.5, 0.6) is 5.75 Å². The Hall–Kier alpha value is -1.55. The first kappa shape index (κ1) is 9.54. The second-order valence-electron chi connectivity index (χ2n) is 2.65. The maximum Gasteiger partial charge on any atom is 0.265 e. The SMILES string of the molecule is COc1ccc(C)c(C(=O)NN)c1. The van der Waals surface area contributed by atoms with Crippen molar-refractivity contribution < 1.29 is 9.53 Å². The predicted molar refractivity (Wildman–Crippen MR) is 49.4 cm³/mol. The molecule has 0 bridgehead atoms. The average Bonchev–Trinajstić information content (AvgIpc) is 2.17. The number of carbonyl (C=O) groups excluding carboxylic acids is 1. The fourth-order valence-corrected chi connectivity index (χ4v) is 1.05. The third kappa shape index (κ3) is 1.97. The van der Waals surface area contributed by atoms with Gasteiger partial charge in [0.1, 0.15) is 5.75 Å². The van der Waals surface area contributed by atoms with Gasteiger partial charge >= 0.3 is 0 Å². The number of carbonyl (C=O) groups is 1. The summed E-state index contributed by atoms with van der Waals surface area (Å²) >= 11 is 0. The number of nitrogens with one attached hydrogen (secondary N) is 1. The number of nitrogen functional groups attached to an aromatic ring is 1. The highest BCUT2D eigenvalue weighted by Crippen LogP contribution is 2.16. The maximum absolute atomic E-state index is 11.2. The summed E-state index contributed by atoms with van der Waals surface area (Å²) in [6, 6.07) is 5.25. The van der Waals surface area contributed by atoms with Crippen LogP contribution in [0.2, 0.25) is 0 Å². The van der Waals surface area contributed by atoms with Gasteiger partial charge in [0.15, 0.2) is 0 Å². The summed E-state index contributed by atoms with van der Waals surface area (Å²) in [5, 5.41) is 0. The zero-order valence-corrected chi connectivity index (χ0v) is 7.63. The molecule has 3 N–H and O–H groups in total. The molecule has 13 heavy (non-hydrogen) atoms. The van der Waals surface area contributed by atoms with Crippen LogP contribution in [0.3, 0.4) is 0 Å². The van der Waals surface area contributed by atoms with Crippen LogP contribution < -0.4 is 16.0 Å². The molecule has 1 aromatic rings. The van der Waals surface area contributed by atoms with E-state index in [9.17, 15) is 4.79 Å². The molecule has 0 unspecified atom stereocenters. The van der Waals surface area contributed by atoms with Gasteiger partial charge in [0.05, 0.1) is 7.11 Å². The molecule has 4 nitrogen and oxygen atoms in total. The number of rotatable bonds is 2. The number of hydrogen-bond acceptors (Lipinski definition) is 3. The number of nitrogens with two attached hydrogens (primary N) is 1. The van der Waals surface area contributed by atoms with Crippen molar-refractivity contribution in [2.45, 2.75) is 6.92 Å². The standard InChI is InChI=1S/C9H12N2O2/c1-6-3-4-7(13-2)5-8(6)9(12)11-10/h3-5H,10H2,1-2H3,(H,11,12). The quantitative estimate of drug-likeness (QED) is 0.398. The van der Waals surface area contributed by atoms with Crippen LogP contribution in [0, 0.1) is 6.92 Å². The van der Waals surface area contributed by atoms with Gasteiger partial charge in [0.25, 0.3) is 5.91 Å². The summed E-state index contributed by atoms with van der Waals surface area (Å²) in [4.78, 5) is 11.2. The Kier molecular flexibility index (Phi) is 2.87. The van der Waals surface area contributed by atoms with Crippen LogP contribution >= 0.6 is 0 Å². The normalized spacial score (nSPS) is 9.46. The molecule has 0 heterocycles. The van der Waals surface area contributed by atoms with Crippen LogP contribution in [0.15, 0.2) is 18.2 Å². The van der Waals surface area contributed by atoms with E-state index in [2.05, 4.69) is 5.43 Å². The van der Waals surface area contributed by atoms with Crippen LogP contribution in [0.25, 0.3) is 0 Å². The van der Waals surface area contributed by atoms with Gasteiger partial charge in [-0.1, -0.05) is 6.07 Å². The number of methoxy groups -OCH3 is 1. The molecule has 0 aromatic heterocycles. The molecule has 0 atom stereocenters. The van der Waals surface area contributed by atoms with Crippen LogP contribution in [0.1, 0.15) is 15.9 Å². The van der Waals surface area contributed by atoms with E-state index in [0.717, 1.165) is 5.56 Å². The molecule has 0 saturated carbocycles. The molecular formula is C9H12N2O2. The van der Waals surface area contributed by atoms with Gasteiger partial charge in [-0.2, -0.15) is 0 Å². The van der Waals surface area contributed by atoms with Crippen molar-refractivity contribution >= 4 is 5.91 Å². The van der Waals surface area contributed by atoms with Gasteiger partial charge in [-0.15, -0.1) is 0 Å². The summed E-state index contributed by atoms with van der Waals surface area (Å²) in [6.07, 6.45) is 0. The zero-order valence-electron chi connectivity index (χ0n) is 7.63. The summed E-state index contributed by atoms with van der Waals surface area (Å²) < 4.78 is 4.98. The van der Waals surface area contributed by atoms with Crippen molar-refractivity contribution in [3.63, 3.8) is 0 Å². The van der Waals surface area contributed by atoms with Gasteiger partial charge in [-0.25, -0.2) is 5.84 Å². The highest BCUT2D eigenvalue weighted by atomic mass is 16.5. The first-order chi connectivity index (χ1) is 6.19. The van der Waals surface area contributed by atoms with Crippen molar-refractivity contribution in [2.24, 2.45) is 5.84 Å². The number of benzene rings is 1. The lowest BCUT2D eigenvalue weighted by molar-refractivity contribution is 0.0952. The van der Waals surface area contributed by atoms with E-state index < -0.39 is 0 Å². The van der Waals surface area contributed by atoms with Crippen LogP contribution in [0.4, 0.5) is 0 Å². The Bertz CT molecular complexity index is 323. The second kappa shape index (κ2) is 3.91. The first-order valence-electron chi connectivity index (χ1n) is 3.84. The molecule has 1 amide bonds. The smallest absolute Gasteiger partial charge is 0.265 e. The maximum atomic E-state index is 11.2. The van der Waals surface area contributed by atoms with Crippen molar-refractivity contribution in [1.82, 2.24) is 5.43 Å². The molecule has 0 aliphatic carbocycles. The topological polar surface area (TPSA) is 64.3 Å². The van der Waals surface area contributed by atoms with Crippen molar-refractivity contribution in [2.75, 3.05) is 7.11 Å². The molecule has 0 aliphatic heterocycles. The molecule has 0 aliphatic rings. The number of ether oxygens (including phenoxy) is 1. The molecule has 1 aromatic carbocycles. The summed E-state index contributed by atoms with van der Waals surface area (Å²) in [5.74, 6) is 5.36. The summed E-state index contributed by atoms with van der Waals surface area (Å²) in [5.41, 5.74) is 3.47. The molecule has 0 saturated heterocycles. The van der Waals surface area contributed by atoms with Crippen molar-refractivity contribution in [1.29, 1.82) is 0 Å². The largest absolute Gasteiger partial charge is 0.497 e. The Morgan fingerprint density at radius 2 is 2.23 bits per heavy atom. The Morgan fingerprint density at radius 1 is 1.54 bits per heavy atom. The fourth-order valence-electron chi connectivity index (χ4n) is 1.05. The van der Waals surface area contributed by atoms with Gasteiger partial charge in [-0.3, -0.25) is 10.2 Å². The molecule has 4 heteroatoms. The van der Waals surface area contributed by atoms with Gasteiger partial charge < -0.3 is 4.74 Å². The zero-order chi connectivity index (χ0) is 9.84. The highest BCUT2D eigenvalue weighted by molar-refractivity contribution is 5.95. The van der Waals surface area contributed by atoms with Gasteiger partial charge in [-0.05, 0) is 24.6 Å². The average molecular weight is 180 g/mol. The highest BCUT2D eigenvalue weighted by Gasteiger charge is 2.07. The predicted octanol–water partition coefficient (Wildman–Crippen LogP) is 0.607. The van der Waals surface area contributed by atoms with E-state index in [4.69, 9.17) is 10.6 Å². The van der Waals surface area contributed by atoms with Gasteiger partial charge in [0, 0.05) is 5.56 Å². The Morgan fingerprint density at radius 3 is 2.77 bits per heavy atom. The Labute approximate surface area is 76.7 Å². The third-order valence-corrected chi connectivity index (χ3v) is 1.82. The number of aryl methyl sites for hydroxylation is 1. The third-order valence-electron chi connectivity index (χ3n) is 1.82. The lowest BCUT2D eigenvalue weighted by atomic mass is 10.1. The molecule has 1 rings (SSSR count). The number of hydrogen-bond donors (Lipinski definition) is 2. The second-order valence-corrected chi connectivity index (χ2v) is 2.65. The van der Waals surface area contributed by atoms with Crippen molar-refractivity contribution in [3.05, 3.63) is 29.3 Å². The molecule has 70 valence electrons. The van der Waals surface area contributed by atoms with E-state index in [0.29, 0.717) is 11.3 Å². The summed E-state index contributed by atoms with van der Waals surface area (Å²) in [7, 11) is 1.55. The molecule has 0 spiro atoms.